The second-order valence-corrected chi connectivity index (χ2v) is 3.83. The third-order valence-electron chi connectivity index (χ3n) is 2.73. The van der Waals surface area contributed by atoms with Crippen molar-refractivity contribution in [3.05, 3.63) is 0 Å². The van der Waals surface area contributed by atoms with Gasteiger partial charge in [-0.3, -0.25) is 9.59 Å². The molecule has 1 aliphatic heterocycles. The number of carbonyl (C=O) groups excluding carboxylic acids is 2. The van der Waals surface area contributed by atoms with Crippen molar-refractivity contribution in [1.29, 1.82) is 0 Å². The third-order valence-corrected chi connectivity index (χ3v) is 2.73. The Morgan fingerprint density at radius 3 is 2.79 bits per heavy atom. The minimum absolute atomic E-state index is 0.0309. The lowest BCUT2D eigenvalue weighted by atomic mass is 10.2. The maximum Gasteiger partial charge on any atom is 0.245 e. The van der Waals surface area contributed by atoms with E-state index in [2.05, 4.69) is 5.32 Å². The van der Waals surface area contributed by atoms with Gasteiger partial charge in [0.15, 0.2) is 0 Å². The number of nitrogens with one attached hydrogen (secondary N) is 1. The topological polar surface area (TPSA) is 49.4 Å². The van der Waals surface area contributed by atoms with Crippen LogP contribution in [0.15, 0.2) is 0 Å². The van der Waals surface area contributed by atoms with E-state index in [0.29, 0.717) is 13.0 Å². The summed E-state index contributed by atoms with van der Waals surface area (Å²) in [6.07, 6.45) is 1.34. The maximum atomic E-state index is 11.8. The molecule has 2 atom stereocenters. The highest BCUT2D eigenvalue weighted by Gasteiger charge is 2.28. The third kappa shape index (κ3) is 2.25. The Morgan fingerprint density at radius 1 is 1.57 bits per heavy atom. The van der Waals surface area contributed by atoms with E-state index in [1.807, 2.05) is 13.8 Å². The summed E-state index contributed by atoms with van der Waals surface area (Å²) < 4.78 is 0. The maximum absolute atomic E-state index is 11.8. The number of nitrogens with zero attached hydrogens (tertiary/aromatic N) is 1. The lowest BCUT2D eigenvalue weighted by molar-refractivity contribution is -0.134. The molecule has 0 aromatic carbocycles. The SMILES string of the molecule is CCC(C)N1CCC(=O)NC(C)C1=O. The molecule has 1 N–H and O–H groups in total. The molecular weight excluding hydrogens is 180 g/mol. The zero-order valence-corrected chi connectivity index (χ0v) is 9.04. The molecule has 1 aliphatic rings. The van der Waals surface area contributed by atoms with Gasteiger partial charge < -0.3 is 10.2 Å². The molecule has 1 saturated heterocycles. The molecule has 0 bridgehead atoms. The smallest absolute Gasteiger partial charge is 0.245 e. The zero-order valence-electron chi connectivity index (χ0n) is 9.04. The number of rotatable bonds is 2. The highest BCUT2D eigenvalue weighted by Crippen LogP contribution is 2.10. The number of carbonyl (C=O) groups is 2. The van der Waals surface area contributed by atoms with Crippen molar-refractivity contribution >= 4 is 11.8 Å². The van der Waals surface area contributed by atoms with E-state index >= 15 is 0 Å². The van der Waals surface area contributed by atoms with E-state index < -0.39 is 0 Å². The molecule has 80 valence electrons. The van der Waals surface area contributed by atoms with Crippen LogP contribution in [0, 0.1) is 0 Å². The van der Waals surface area contributed by atoms with Crippen molar-refractivity contribution in [3.8, 4) is 0 Å². The molecule has 14 heavy (non-hydrogen) atoms. The first-order chi connectivity index (χ1) is 6.56. The van der Waals surface area contributed by atoms with E-state index in [0.717, 1.165) is 6.42 Å². The van der Waals surface area contributed by atoms with Gasteiger partial charge in [0, 0.05) is 19.0 Å². The van der Waals surface area contributed by atoms with E-state index in [4.69, 9.17) is 0 Å². The van der Waals surface area contributed by atoms with Crippen LogP contribution in [0.1, 0.15) is 33.6 Å². The highest BCUT2D eigenvalue weighted by atomic mass is 16.2. The molecule has 4 nitrogen and oxygen atoms in total. The summed E-state index contributed by atoms with van der Waals surface area (Å²) in [5.74, 6) is 0.00172. The summed E-state index contributed by atoms with van der Waals surface area (Å²) in [5.41, 5.74) is 0. The van der Waals surface area contributed by atoms with Crippen LogP contribution in [0.5, 0.6) is 0 Å². The van der Waals surface area contributed by atoms with Gasteiger partial charge in [-0.1, -0.05) is 6.92 Å². The summed E-state index contributed by atoms with van der Waals surface area (Å²) in [6.45, 7) is 6.34. The quantitative estimate of drug-likeness (QED) is 0.703. The summed E-state index contributed by atoms with van der Waals surface area (Å²) in [6, 6.07) is -0.156. The lowest BCUT2D eigenvalue weighted by Gasteiger charge is -2.28. The Morgan fingerprint density at radius 2 is 2.21 bits per heavy atom. The monoisotopic (exact) mass is 198 g/mol. The largest absolute Gasteiger partial charge is 0.345 e. The second kappa shape index (κ2) is 4.44. The molecule has 0 aromatic rings. The molecule has 2 amide bonds. The van der Waals surface area contributed by atoms with Crippen molar-refractivity contribution < 1.29 is 9.59 Å². The molecule has 4 heteroatoms. The summed E-state index contributed by atoms with van der Waals surface area (Å²) in [7, 11) is 0. The summed E-state index contributed by atoms with van der Waals surface area (Å²) in [5, 5.41) is 2.67. The van der Waals surface area contributed by atoms with Gasteiger partial charge in [0.25, 0.3) is 0 Å². The van der Waals surface area contributed by atoms with Gasteiger partial charge in [-0.2, -0.15) is 0 Å². The average molecular weight is 198 g/mol. The van der Waals surface area contributed by atoms with Gasteiger partial charge in [-0.25, -0.2) is 0 Å². The van der Waals surface area contributed by atoms with Crippen molar-refractivity contribution in [1.82, 2.24) is 10.2 Å². The highest BCUT2D eigenvalue weighted by molar-refractivity contribution is 5.89. The van der Waals surface area contributed by atoms with Gasteiger partial charge in [0.1, 0.15) is 6.04 Å². The van der Waals surface area contributed by atoms with Crippen molar-refractivity contribution in [2.45, 2.75) is 45.7 Å². The molecule has 1 heterocycles. The molecule has 0 aliphatic carbocycles. The minimum atomic E-state index is -0.376. The van der Waals surface area contributed by atoms with E-state index in [9.17, 15) is 9.59 Å². The molecule has 0 saturated carbocycles. The summed E-state index contributed by atoms with van der Waals surface area (Å²) in [4.78, 5) is 24.8. The van der Waals surface area contributed by atoms with Gasteiger partial charge in [-0.15, -0.1) is 0 Å². The Bertz CT molecular complexity index is 240. The van der Waals surface area contributed by atoms with Gasteiger partial charge >= 0.3 is 0 Å². The molecular formula is C10H18N2O2. The predicted molar refractivity (Wildman–Crippen MR) is 53.7 cm³/mol. The predicted octanol–water partition coefficient (Wildman–Crippen LogP) is 0.522. The Labute approximate surface area is 84.7 Å². The molecule has 0 spiro atoms. The normalized spacial score (nSPS) is 25.6. The fourth-order valence-electron chi connectivity index (χ4n) is 1.61. The fraction of sp³-hybridized carbons (Fsp3) is 0.800. The van der Waals surface area contributed by atoms with Crippen LogP contribution >= 0.6 is 0 Å². The Balaban J connectivity index is 2.75. The fourth-order valence-corrected chi connectivity index (χ4v) is 1.61. The molecule has 2 unspecified atom stereocenters. The zero-order chi connectivity index (χ0) is 10.7. The van der Waals surface area contributed by atoms with Crippen molar-refractivity contribution in [2.75, 3.05) is 6.54 Å². The molecule has 1 rings (SSSR count). The lowest BCUT2D eigenvalue weighted by Crippen LogP contribution is -2.46. The van der Waals surface area contributed by atoms with Crippen LogP contribution in [0.4, 0.5) is 0 Å². The summed E-state index contributed by atoms with van der Waals surface area (Å²) >= 11 is 0. The van der Waals surface area contributed by atoms with Crippen molar-refractivity contribution in [2.24, 2.45) is 0 Å². The first-order valence-electron chi connectivity index (χ1n) is 5.16. The number of amides is 2. The Hall–Kier alpha value is -1.06. The number of hydrogen-bond donors (Lipinski definition) is 1. The van der Waals surface area contributed by atoms with Crippen LogP contribution in [0.3, 0.4) is 0 Å². The molecule has 0 aromatic heterocycles. The van der Waals surface area contributed by atoms with Gasteiger partial charge in [0.05, 0.1) is 0 Å². The number of hydrogen-bond acceptors (Lipinski definition) is 2. The van der Waals surface area contributed by atoms with Crippen molar-refractivity contribution in [3.63, 3.8) is 0 Å². The van der Waals surface area contributed by atoms with E-state index in [-0.39, 0.29) is 23.9 Å². The molecule has 0 radical (unpaired) electrons. The Kier molecular flexibility index (Phi) is 3.49. The van der Waals surface area contributed by atoms with Gasteiger partial charge in [0.2, 0.25) is 11.8 Å². The van der Waals surface area contributed by atoms with Crippen LogP contribution in [0.25, 0.3) is 0 Å². The van der Waals surface area contributed by atoms with E-state index in [1.54, 1.807) is 11.8 Å². The standard InChI is InChI=1S/C10H18N2O2/c1-4-7(2)12-6-5-9(13)11-8(3)10(12)14/h7-8H,4-6H2,1-3H3,(H,11,13). The van der Waals surface area contributed by atoms with Crippen LogP contribution in [-0.4, -0.2) is 35.3 Å². The first-order valence-corrected chi connectivity index (χ1v) is 5.16. The van der Waals surface area contributed by atoms with Crippen LogP contribution in [-0.2, 0) is 9.59 Å². The first kappa shape index (κ1) is 11.0. The van der Waals surface area contributed by atoms with Gasteiger partial charge in [-0.05, 0) is 20.3 Å². The average Bonchev–Trinajstić information content (AvgIpc) is 2.27. The van der Waals surface area contributed by atoms with Crippen LogP contribution in [0.2, 0.25) is 0 Å². The second-order valence-electron chi connectivity index (χ2n) is 3.83. The minimum Gasteiger partial charge on any atom is -0.345 e. The van der Waals surface area contributed by atoms with E-state index in [1.165, 1.54) is 0 Å². The molecule has 1 fully saturated rings. The van der Waals surface area contributed by atoms with Crippen LogP contribution < -0.4 is 5.32 Å².